The Labute approximate surface area is 144 Å². The van der Waals surface area contributed by atoms with Gasteiger partial charge >= 0.3 is 0 Å². The zero-order chi connectivity index (χ0) is 16.1. The number of carbonyl (C=O) groups is 2. The fourth-order valence-electron chi connectivity index (χ4n) is 2.54. The van der Waals surface area contributed by atoms with Crippen LogP contribution in [-0.2, 0) is 4.79 Å². The van der Waals surface area contributed by atoms with Gasteiger partial charge in [0, 0.05) is 36.3 Å². The summed E-state index contributed by atoms with van der Waals surface area (Å²) in [6, 6.07) is 7.64. The van der Waals surface area contributed by atoms with E-state index in [0.717, 1.165) is 31.6 Å². The summed E-state index contributed by atoms with van der Waals surface area (Å²) in [4.78, 5) is 26.0. The van der Waals surface area contributed by atoms with Crippen molar-refractivity contribution in [2.75, 3.05) is 25.5 Å². The molecule has 0 aromatic heterocycles. The van der Waals surface area contributed by atoms with Crippen molar-refractivity contribution in [3.63, 3.8) is 0 Å². The minimum absolute atomic E-state index is 0. The zero-order valence-corrected chi connectivity index (χ0v) is 14.8. The molecule has 0 saturated carbocycles. The van der Waals surface area contributed by atoms with E-state index in [1.165, 1.54) is 0 Å². The molecule has 1 heterocycles. The summed E-state index contributed by atoms with van der Waals surface area (Å²) in [5, 5.41) is 6.09. The van der Waals surface area contributed by atoms with Crippen molar-refractivity contribution < 1.29 is 9.59 Å². The highest BCUT2D eigenvalue weighted by atomic mass is 35.5. The Morgan fingerprint density at radius 1 is 1.13 bits per heavy atom. The van der Waals surface area contributed by atoms with E-state index in [1.807, 2.05) is 25.8 Å². The van der Waals surface area contributed by atoms with Gasteiger partial charge in [0.1, 0.15) is 0 Å². The molecule has 0 aliphatic carbocycles. The number of hydrogen-bond acceptors (Lipinski definition) is 3. The summed E-state index contributed by atoms with van der Waals surface area (Å²) in [6.45, 7) is 5.27. The molecule has 1 aromatic rings. The van der Waals surface area contributed by atoms with Gasteiger partial charge in [-0.1, -0.05) is 13.8 Å². The molecule has 0 radical (unpaired) electrons. The molecule has 5 nitrogen and oxygen atoms in total. The highest BCUT2D eigenvalue weighted by Crippen LogP contribution is 2.16. The first kappa shape index (κ1) is 19.5. The molecule has 1 aliphatic heterocycles. The Morgan fingerprint density at radius 3 is 2.17 bits per heavy atom. The first-order valence-electron chi connectivity index (χ1n) is 7.88. The third kappa shape index (κ3) is 5.22. The molecule has 128 valence electrons. The normalized spacial score (nSPS) is 15.2. The predicted molar refractivity (Wildman–Crippen MR) is 95.1 cm³/mol. The molecule has 2 amide bonds. The van der Waals surface area contributed by atoms with Crippen LogP contribution in [0.5, 0.6) is 0 Å². The van der Waals surface area contributed by atoms with Crippen LogP contribution >= 0.6 is 12.4 Å². The Bertz CT molecular complexity index is 523. The zero-order valence-electron chi connectivity index (χ0n) is 14.0. The van der Waals surface area contributed by atoms with E-state index in [0.29, 0.717) is 11.6 Å². The third-order valence-corrected chi connectivity index (χ3v) is 4.11. The van der Waals surface area contributed by atoms with Crippen LogP contribution in [0.3, 0.4) is 0 Å². The van der Waals surface area contributed by atoms with Crippen LogP contribution in [0.1, 0.15) is 37.0 Å². The SMILES string of the molecule is CNC1CCN(C(=O)c2ccc(NC(=O)C(C)C)cc2)CC1.Cl. The van der Waals surface area contributed by atoms with Gasteiger partial charge in [0.25, 0.3) is 5.91 Å². The largest absolute Gasteiger partial charge is 0.339 e. The van der Waals surface area contributed by atoms with Crippen LogP contribution in [0.15, 0.2) is 24.3 Å². The Morgan fingerprint density at radius 2 is 1.70 bits per heavy atom. The maximum absolute atomic E-state index is 12.5. The van der Waals surface area contributed by atoms with Crippen molar-refractivity contribution in [3.8, 4) is 0 Å². The lowest BCUT2D eigenvalue weighted by Gasteiger charge is -2.31. The fraction of sp³-hybridized carbons (Fsp3) is 0.529. The van der Waals surface area contributed by atoms with E-state index in [-0.39, 0.29) is 30.1 Å². The Kier molecular flexibility index (Phi) is 7.52. The van der Waals surface area contributed by atoms with Crippen LogP contribution in [0.4, 0.5) is 5.69 Å². The van der Waals surface area contributed by atoms with Crippen molar-refractivity contribution in [2.45, 2.75) is 32.7 Å². The summed E-state index contributed by atoms with van der Waals surface area (Å²) < 4.78 is 0. The first-order valence-corrected chi connectivity index (χ1v) is 7.88. The monoisotopic (exact) mass is 339 g/mol. The number of anilines is 1. The van der Waals surface area contributed by atoms with Gasteiger partial charge in [0.2, 0.25) is 5.91 Å². The lowest BCUT2D eigenvalue weighted by Crippen LogP contribution is -2.43. The number of nitrogens with zero attached hydrogens (tertiary/aromatic N) is 1. The smallest absolute Gasteiger partial charge is 0.253 e. The van der Waals surface area contributed by atoms with E-state index in [4.69, 9.17) is 0 Å². The number of amides is 2. The number of halogens is 1. The molecular formula is C17H26ClN3O2. The van der Waals surface area contributed by atoms with E-state index >= 15 is 0 Å². The number of likely N-dealkylation sites (tertiary alicyclic amines) is 1. The summed E-state index contributed by atoms with van der Waals surface area (Å²) in [5.74, 6) is -0.0146. The lowest BCUT2D eigenvalue weighted by molar-refractivity contribution is -0.118. The van der Waals surface area contributed by atoms with Crippen molar-refractivity contribution in [1.29, 1.82) is 0 Å². The molecule has 1 saturated heterocycles. The second kappa shape index (κ2) is 8.89. The van der Waals surface area contributed by atoms with Crippen LogP contribution < -0.4 is 10.6 Å². The van der Waals surface area contributed by atoms with E-state index in [1.54, 1.807) is 24.3 Å². The molecule has 0 atom stereocenters. The van der Waals surface area contributed by atoms with Gasteiger partial charge in [-0.25, -0.2) is 0 Å². The van der Waals surface area contributed by atoms with E-state index < -0.39 is 0 Å². The van der Waals surface area contributed by atoms with Crippen LogP contribution in [0.2, 0.25) is 0 Å². The first-order chi connectivity index (χ1) is 10.5. The van der Waals surface area contributed by atoms with E-state index in [9.17, 15) is 9.59 Å². The summed E-state index contributed by atoms with van der Waals surface area (Å²) in [7, 11) is 1.96. The molecule has 2 N–H and O–H groups in total. The lowest BCUT2D eigenvalue weighted by atomic mass is 10.0. The minimum atomic E-state index is -0.0604. The molecular weight excluding hydrogens is 314 g/mol. The number of rotatable bonds is 4. The standard InChI is InChI=1S/C17H25N3O2.ClH/c1-12(2)16(21)19-15-6-4-13(5-7-15)17(22)20-10-8-14(18-3)9-11-20;/h4-7,12,14,18H,8-11H2,1-3H3,(H,19,21);1H. The molecule has 0 unspecified atom stereocenters. The topological polar surface area (TPSA) is 61.4 Å². The maximum Gasteiger partial charge on any atom is 0.253 e. The molecule has 0 bridgehead atoms. The fourth-order valence-corrected chi connectivity index (χ4v) is 2.54. The van der Waals surface area contributed by atoms with Crippen molar-refractivity contribution in [1.82, 2.24) is 10.2 Å². The second-order valence-corrected chi connectivity index (χ2v) is 6.08. The number of nitrogens with one attached hydrogen (secondary N) is 2. The van der Waals surface area contributed by atoms with Gasteiger partial charge in [0.15, 0.2) is 0 Å². The summed E-state index contributed by atoms with van der Waals surface area (Å²) >= 11 is 0. The van der Waals surface area contributed by atoms with Gasteiger partial charge < -0.3 is 15.5 Å². The molecule has 1 fully saturated rings. The van der Waals surface area contributed by atoms with Gasteiger partial charge in [-0.3, -0.25) is 9.59 Å². The molecule has 1 aliphatic rings. The minimum Gasteiger partial charge on any atom is -0.339 e. The Hall–Kier alpha value is -1.59. The number of carbonyl (C=O) groups excluding carboxylic acids is 2. The number of piperidine rings is 1. The predicted octanol–water partition coefficient (Wildman–Crippen LogP) is 2.53. The number of hydrogen-bond donors (Lipinski definition) is 2. The van der Waals surface area contributed by atoms with E-state index in [2.05, 4.69) is 10.6 Å². The quantitative estimate of drug-likeness (QED) is 0.886. The van der Waals surface area contributed by atoms with Crippen molar-refractivity contribution in [2.24, 2.45) is 5.92 Å². The Balaban J connectivity index is 0.00000264. The average molecular weight is 340 g/mol. The number of benzene rings is 1. The van der Waals surface area contributed by atoms with Crippen LogP contribution in [0, 0.1) is 5.92 Å². The van der Waals surface area contributed by atoms with Gasteiger partial charge in [-0.2, -0.15) is 0 Å². The highest BCUT2D eigenvalue weighted by Gasteiger charge is 2.22. The van der Waals surface area contributed by atoms with Crippen molar-refractivity contribution in [3.05, 3.63) is 29.8 Å². The molecule has 2 rings (SSSR count). The molecule has 0 spiro atoms. The third-order valence-electron chi connectivity index (χ3n) is 4.11. The molecule has 6 heteroatoms. The summed E-state index contributed by atoms with van der Waals surface area (Å²) in [5.41, 5.74) is 1.40. The van der Waals surface area contributed by atoms with Gasteiger partial charge in [0.05, 0.1) is 0 Å². The van der Waals surface area contributed by atoms with Crippen molar-refractivity contribution >= 4 is 29.9 Å². The van der Waals surface area contributed by atoms with Crippen LogP contribution in [0.25, 0.3) is 0 Å². The molecule has 1 aromatic carbocycles. The van der Waals surface area contributed by atoms with Gasteiger partial charge in [-0.05, 0) is 44.2 Å². The molecule has 23 heavy (non-hydrogen) atoms. The average Bonchev–Trinajstić information content (AvgIpc) is 2.55. The summed E-state index contributed by atoms with van der Waals surface area (Å²) in [6.07, 6.45) is 1.98. The van der Waals surface area contributed by atoms with Gasteiger partial charge in [-0.15, -0.1) is 12.4 Å². The van der Waals surface area contributed by atoms with Crippen LogP contribution in [-0.4, -0.2) is 42.9 Å². The maximum atomic E-state index is 12.5. The highest BCUT2D eigenvalue weighted by molar-refractivity contribution is 5.96. The second-order valence-electron chi connectivity index (χ2n) is 6.08.